The number of alkyl halides is 3. The molecule has 0 spiro atoms. The standard InChI is InChI=1S/C20H23F4N3O2S2/c21-14-7-6-13-2-1-3-17-18(16(13)10-14)27-19(30-17)26-15-8-4-12(5-9-15)11-25-31(28,29)20(22,23)24/h6-7,10,12,15,25H,1-5,8-9,11H2,(H,26,27)/t12-,15-. The van der Waals surface area contributed by atoms with Crippen LogP contribution < -0.4 is 10.0 Å². The Morgan fingerprint density at radius 1 is 1.13 bits per heavy atom. The van der Waals surface area contributed by atoms with Gasteiger partial charge in [0.2, 0.25) is 0 Å². The maximum absolute atomic E-state index is 13.8. The summed E-state index contributed by atoms with van der Waals surface area (Å²) in [5.41, 5.74) is -2.51. The van der Waals surface area contributed by atoms with Crippen LogP contribution in [0.15, 0.2) is 18.2 Å². The second kappa shape index (κ2) is 8.67. The predicted molar refractivity (Wildman–Crippen MR) is 112 cm³/mol. The first-order chi connectivity index (χ1) is 14.6. The highest BCUT2D eigenvalue weighted by molar-refractivity contribution is 7.90. The molecular formula is C20H23F4N3O2S2. The Balaban J connectivity index is 1.36. The lowest BCUT2D eigenvalue weighted by Crippen LogP contribution is -2.40. The molecule has 4 rings (SSSR count). The number of aryl methyl sites for hydroxylation is 2. The Kier molecular flexibility index (Phi) is 6.28. The molecule has 170 valence electrons. The van der Waals surface area contributed by atoms with E-state index in [-0.39, 0.29) is 24.3 Å². The maximum Gasteiger partial charge on any atom is 0.511 e. The Morgan fingerprint density at radius 2 is 1.87 bits per heavy atom. The average Bonchev–Trinajstić information content (AvgIpc) is 3.02. The van der Waals surface area contributed by atoms with Gasteiger partial charge in [-0.2, -0.15) is 13.2 Å². The van der Waals surface area contributed by atoms with E-state index in [4.69, 9.17) is 4.98 Å². The summed E-state index contributed by atoms with van der Waals surface area (Å²) in [5, 5.41) is 4.18. The van der Waals surface area contributed by atoms with Gasteiger partial charge in [0.1, 0.15) is 5.82 Å². The topological polar surface area (TPSA) is 71.1 Å². The highest BCUT2D eigenvalue weighted by Crippen LogP contribution is 2.38. The molecule has 0 saturated heterocycles. The third-order valence-corrected chi connectivity index (χ3v) is 8.12. The van der Waals surface area contributed by atoms with Crippen molar-refractivity contribution >= 4 is 26.5 Å². The first kappa shape index (κ1) is 22.5. The number of aromatic nitrogens is 1. The van der Waals surface area contributed by atoms with Gasteiger partial charge in [-0.1, -0.05) is 6.07 Å². The number of benzene rings is 1. The summed E-state index contributed by atoms with van der Waals surface area (Å²) in [5.74, 6) is -0.411. The third-order valence-electron chi connectivity index (χ3n) is 5.92. The van der Waals surface area contributed by atoms with Gasteiger partial charge in [-0.15, -0.1) is 11.3 Å². The molecule has 11 heteroatoms. The Hall–Kier alpha value is -1.72. The van der Waals surface area contributed by atoms with E-state index in [2.05, 4.69) is 5.32 Å². The molecule has 0 bridgehead atoms. The third kappa shape index (κ3) is 5.04. The van der Waals surface area contributed by atoms with E-state index in [1.807, 2.05) is 6.07 Å². The summed E-state index contributed by atoms with van der Waals surface area (Å²) in [6, 6.07) is 4.96. The molecule has 2 aliphatic carbocycles. The molecule has 1 heterocycles. The van der Waals surface area contributed by atoms with Crippen molar-refractivity contribution in [2.75, 3.05) is 11.9 Å². The van der Waals surface area contributed by atoms with Crippen molar-refractivity contribution in [1.82, 2.24) is 9.71 Å². The molecule has 2 aromatic rings. The van der Waals surface area contributed by atoms with Gasteiger partial charge in [0.05, 0.1) is 5.69 Å². The van der Waals surface area contributed by atoms with Crippen LogP contribution in [0.2, 0.25) is 0 Å². The summed E-state index contributed by atoms with van der Waals surface area (Å²) >= 11 is 1.57. The van der Waals surface area contributed by atoms with Crippen molar-refractivity contribution in [3.8, 4) is 11.3 Å². The minimum Gasteiger partial charge on any atom is -0.359 e. The number of fused-ring (bicyclic) bond motifs is 3. The van der Waals surface area contributed by atoms with Crippen molar-refractivity contribution < 1.29 is 26.0 Å². The van der Waals surface area contributed by atoms with E-state index < -0.39 is 15.5 Å². The molecule has 5 nitrogen and oxygen atoms in total. The first-order valence-corrected chi connectivity index (χ1v) is 12.5. The second-order valence-corrected chi connectivity index (χ2v) is 10.9. The molecule has 0 atom stereocenters. The van der Waals surface area contributed by atoms with Crippen molar-refractivity contribution in [2.24, 2.45) is 5.92 Å². The summed E-state index contributed by atoms with van der Waals surface area (Å²) in [6.45, 7) is -0.206. The first-order valence-electron chi connectivity index (χ1n) is 10.2. The number of nitrogens with zero attached hydrogens (tertiary/aromatic N) is 1. The zero-order valence-electron chi connectivity index (χ0n) is 16.6. The molecule has 1 saturated carbocycles. The summed E-state index contributed by atoms with van der Waals surface area (Å²) in [4.78, 5) is 5.85. The molecule has 0 aliphatic heterocycles. The van der Waals surface area contributed by atoms with E-state index in [9.17, 15) is 26.0 Å². The van der Waals surface area contributed by atoms with Crippen LogP contribution in [0, 0.1) is 11.7 Å². The van der Waals surface area contributed by atoms with Crippen LogP contribution >= 0.6 is 11.3 Å². The number of rotatable bonds is 5. The number of halogens is 4. The largest absolute Gasteiger partial charge is 0.511 e. The van der Waals surface area contributed by atoms with Crippen molar-refractivity contribution in [1.29, 1.82) is 0 Å². The number of thiazole rings is 1. The lowest BCUT2D eigenvalue weighted by Gasteiger charge is -2.29. The number of anilines is 1. The maximum atomic E-state index is 13.8. The zero-order chi connectivity index (χ0) is 22.2. The van der Waals surface area contributed by atoms with Crippen LogP contribution in [0.1, 0.15) is 42.5 Å². The van der Waals surface area contributed by atoms with E-state index in [0.717, 1.165) is 46.1 Å². The van der Waals surface area contributed by atoms with Gasteiger partial charge in [-0.25, -0.2) is 22.5 Å². The molecule has 31 heavy (non-hydrogen) atoms. The minimum absolute atomic E-state index is 0.122. The average molecular weight is 478 g/mol. The number of hydrogen-bond acceptors (Lipinski definition) is 5. The minimum atomic E-state index is -5.29. The van der Waals surface area contributed by atoms with Gasteiger partial charge in [0, 0.05) is 23.0 Å². The predicted octanol–water partition coefficient (Wildman–Crippen LogP) is 4.85. The SMILES string of the molecule is O=S(=O)(NC[C@H]1CC[C@H](Nc2nc3c(s2)CCCc2ccc(F)cc2-3)CC1)C(F)(F)F. The quantitative estimate of drug-likeness (QED) is 0.604. The van der Waals surface area contributed by atoms with E-state index in [0.29, 0.717) is 25.7 Å². The highest BCUT2D eigenvalue weighted by Gasteiger charge is 2.45. The molecule has 0 radical (unpaired) electrons. The Labute approximate surface area is 182 Å². The number of nitrogens with one attached hydrogen (secondary N) is 2. The van der Waals surface area contributed by atoms with Crippen molar-refractivity contribution in [3.63, 3.8) is 0 Å². The van der Waals surface area contributed by atoms with E-state index in [1.165, 1.54) is 12.1 Å². The summed E-state index contributed by atoms with van der Waals surface area (Å²) in [6.07, 6.45) is 5.43. The van der Waals surface area contributed by atoms with Crippen LogP contribution in [0.25, 0.3) is 11.3 Å². The fraction of sp³-hybridized carbons (Fsp3) is 0.550. The molecule has 2 aliphatic rings. The van der Waals surface area contributed by atoms with Gasteiger partial charge in [0.25, 0.3) is 0 Å². The van der Waals surface area contributed by atoms with Crippen LogP contribution in [0.3, 0.4) is 0 Å². The Morgan fingerprint density at radius 3 is 2.58 bits per heavy atom. The van der Waals surface area contributed by atoms with Crippen LogP contribution in [0.4, 0.5) is 22.7 Å². The second-order valence-electron chi connectivity index (χ2n) is 8.11. The fourth-order valence-electron chi connectivity index (χ4n) is 4.21. The Bertz CT molecular complexity index is 1050. The van der Waals surface area contributed by atoms with Crippen LogP contribution in [0.5, 0.6) is 0 Å². The van der Waals surface area contributed by atoms with Crippen molar-refractivity contribution in [2.45, 2.75) is 56.5 Å². The zero-order valence-corrected chi connectivity index (χ0v) is 18.3. The normalized spacial score (nSPS) is 21.8. The molecule has 1 fully saturated rings. The van der Waals surface area contributed by atoms with Gasteiger partial charge in [-0.05, 0) is 68.6 Å². The molecule has 2 N–H and O–H groups in total. The van der Waals surface area contributed by atoms with Gasteiger partial charge in [-0.3, -0.25) is 0 Å². The number of hydrogen-bond donors (Lipinski definition) is 2. The monoisotopic (exact) mass is 477 g/mol. The molecule has 1 aromatic carbocycles. The smallest absolute Gasteiger partial charge is 0.359 e. The van der Waals surface area contributed by atoms with E-state index >= 15 is 0 Å². The van der Waals surface area contributed by atoms with E-state index in [1.54, 1.807) is 16.1 Å². The van der Waals surface area contributed by atoms with Crippen LogP contribution in [-0.2, 0) is 22.9 Å². The molecule has 0 unspecified atom stereocenters. The fourth-order valence-corrected chi connectivity index (χ4v) is 5.93. The van der Waals surface area contributed by atoms with Gasteiger partial charge >= 0.3 is 15.5 Å². The van der Waals surface area contributed by atoms with Crippen molar-refractivity contribution in [3.05, 3.63) is 34.5 Å². The summed E-state index contributed by atoms with van der Waals surface area (Å²) in [7, 11) is -5.29. The van der Waals surface area contributed by atoms with Gasteiger partial charge < -0.3 is 5.32 Å². The molecule has 0 amide bonds. The van der Waals surface area contributed by atoms with Gasteiger partial charge in [0.15, 0.2) is 5.13 Å². The van der Waals surface area contributed by atoms with Crippen LogP contribution in [-0.4, -0.2) is 31.5 Å². The molecule has 1 aromatic heterocycles. The number of sulfonamides is 1. The summed E-state index contributed by atoms with van der Waals surface area (Å²) < 4.78 is 75.1. The lowest BCUT2D eigenvalue weighted by molar-refractivity contribution is -0.0448. The lowest BCUT2D eigenvalue weighted by atomic mass is 9.86. The highest BCUT2D eigenvalue weighted by atomic mass is 32.2. The molecular weight excluding hydrogens is 454 g/mol.